The number of non-ortho nitro benzene ring substituents is 1. The normalized spacial score (nSPS) is 14.3. The van der Waals surface area contributed by atoms with Crippen LogP contribution < -0.4 is 14.8 Å². The highest BCUT2D eigenvalue weighted by Gasteiger charge is 2.44. The lowest BCUT2D eigenvalue weighted by Crippen LogP contribution is -2.35. The number of carbonyl (C=O) groups is 1. The van der Waals surface area contributed by atoms with Gasteiger partial charge in [0.1, 0.15) is 0 Å². The van der Waals surface area contributed by atoms with Crippen LogP contribution in [-0.2, 0) is 10.2 Å². The van der Waals surface area contributed by atoms with Gasteiger partial charge in [-0.25, -0.2) is 0 Å². The number of ether oxygens (including phenoxy) is 2. The Bertz CT molecular complexity index is 803. The number of methoxy groups -OCH3 is 1. The average molecular weight is 356 g/mol. The maximum absolute atomic E-state index is 12.1. The Morgan fingerprint density at radius 1 is 1.19 bits per heavy atom. The van der Waals surface area contributed by atoms with Gasteiger partial charge in [-0.3, -0.25) is 14.9 Å². The first-order valence-corrected chi connectivity index (χ1v) is 8.31. The molecule has 2 aromatic rings. The quantitative estimate of drug-likeness (QED) is 0.580. The lowest BCUT2D eigenvalue weighted by molar-refractivity contribution is -0.385. The van der Waals surface area contributed by atoms with Gasteiger partial charge in [0.25, 0.3) is 11.6 Å². The number of amides is 1. The fourth-order valence-electron chi connectivity index (χ4n) is 2.86. The number of nitrogens with zero attached hydrogens (tertiary/aromatic N) is 1. The number of nitro groups is 1. The van der Waals surface area contributed by atoms with Crippen LogP contribution in [0.15, 0.2) is 48.5 Å². The number of benzene rings is 2. The minimum atomic E-state index is -0.525. The maximum atomic E-state index is 12.1. The average Bonchev–Trinajstić information content (AvgIpc) is 3.46. The zero-order chi connectivity index (χ0) is 18.6. The SMILES string of the molecule is COc1ccc([N+](=O)[O-])cc1OCC(=O)NCC1(c2ccccc2)CC1. The van der Waals surface area contributed by atoms with Gasteiger partial charge in [0.2, 0.25) is 0 Å². The second-order valence-electron chi connectivity index (χ2n) is 6.30. The summed E-state index contributed by atoms with van der Waals surface area (Å²) in [6.45, 7) is 0.313. The van der Waals surface area contributed by atoms with Crippen LogP contribution in [0.2, 0.25) is 0 Å². The van der Waals surface area contributed by atoms with Crippen LogP contribution in [-0.4, -0.2) is 31.1 Å². The fourth-order valence-corrected chi connectivity index (χ4v) is 2.86. The maximum Gasteiger partial charge on any atom is 0.273 e. The molecule has 1 aliphatic carbocycles. The van der Waals surface area contributed by atoms with Gasteiger partial charge in [-0.2, -0.15) is 0 Å². The Morgan fingerprint density at radius 2 is 1.92 bits per heavy atom. The molecule has 1 fully saturated rings. The second kappa shape index (κ2) is 7.43. The number of nitrogens with one attached hydrogen (secondary N) is 1. The predicted molar refractivity (Wildman–Crippen MR) is 95.5 cm³/mol. The molecule has 0 radical (unpaired) electrons. The van der Waals surface area contributed by atoms with Crippen LogP contribution in [0.1, 0.15) is 18.4 Å². The summed E-state index contributed by atoms with van der Waals surface area (Å²) in [5.74, 6) is 0.230. The molecule has 26 heavy (non-hydrogen) atoms. The Morgan fingerprint density at radius 3 is 2.54 bits per heavy atom. The monoisotopic (exact) mass is 356 g/mol. The van der Waals surface area contributed by atoms with E-state index in [9.17, 15) is 14.9 Å². The summed E-state index contributed by atoms with van der Waals surface area (Å²) in [7, 11) is 1.44. The molecule has 7 heteroatoms. The van der Waals surface area contributed by atoms with Gasteiger partial charge in [0.05, 0.1) is 18.1 Å². The molecule has 1 amide bonds. The molecule has 1 saturated carbocycles. The highest BCUT2D eigenvalue weighted by molar-refractivity contribution is 5.77. The van der Waals surface area contributed by atoms with Crippen LogP contribution in [0.5, 0.6) is 11.5 Å². The molecule has 1 N–H and O–H groups in total. The molecule has 0 unspecified atom stereocenters. The summed E-state index contributed by atoms with van der Waals surface area (Å²) in [6, 6.07) is 14.1. The van der Waals surface area contributed by atoms with E-state index < -0.39 is 4.92 Å². The van der Waals surface area contributed by atoms with Crippen molar-refractivity contribution >= 4 is 11.6 Å². The van der Waals surface area contributed by atoms with E-state index in [0.29, 0.717) is 12.3 Å². The van der Waals surface area contributed by atoms with Crippen molar-refractivity contribution in [1.29, 1.82) is 0 Å². The Kier molecular flexibility index (Phi) is 5.06. The molecule has 0 bridgehead atoms. The van der Waals surface area contributed by atoms with Crippen LogP contribution >= 0.6 is 0 Å². The zero-order valence-electron chi connectivity index (χ0n) is 14.4. The van der Waals surface area contributed by atoms with Crippen molar-refractivity contribution in [3.05, 3.63) is 64.2 Å². The Labute approximate surface area is 151 Å². The Balaban J connectivity index is 1.56. The number of rotatable bonds is 8. The third kappa shape index (κ3) is 3.93. The predicted octanol–water partition coefficient (Wildman–Crippen LogP) is 2.83. The summed E-state index contributed by atoms with van der Waals surface area (Å²) in [5.41, 5.74) is 1.11. The zero-order valence-corrected chi connectivity index (χ0v) is 14.4. The first-order chi connectivity index (χ1) is 12.5. The van der Waals surface area contributed by atoms with E-state index in [2.05, 4.69) is 17.4 Å². The largest absolute Gasteiger partial charge is 0.493 e. The molecule has 0 aliphatic heterocycles. The molecule has 136 valence electrons. The number of nitro benzene ring substituents is 1. The molecular weight excluding hydrogens is 336 g/mol. The van der Waals surface area contributed by atoms with Crippen molar-refractivity contribution in [1.82, 2.24) is 5.32 Å². The van der Waals surface area contributed by atoms with E-state index in [0.717, 1.165) is 12.8 Å². The van der Waals surface area contributed by atoms with Crippen molar-refractivity contribution in [2.24, 2.45) is 0 Å². The smallest absolute Gasteiger partial charge is 0.273 e. The molecule has 0 aromatic heterocycles. The van der Waals surface area contributed by atoms with Gasteiger partial charge in [0, 0.05) is 18.0 Å². The van der Waals surface area contributed by atoms with Crippen LogP contribution in [0.4, 0.5) is 5.69 Å². The first-order valence-electron chi connectivity index (χ1n) is 8.31. The summed E-state index contributed by atoms with van der Waals surface area (Å²) < 4.78 is 10.5. The highest BCUT2D eigenvalue weighted by Crippen LogP contribution is 2.47. The number of hydrogen-bond acceptors (Lipinski definition) is 5. The fraction of sp³-hybridized carbons (Fsp3) is 0.316. The lowest BCUT2D eigenvalue weighted by atomic mass is 9.96. The van der Waals surface area contributed by atoms with Crippen molar-refractivity contribution in [2.45, 2.75) is 18.3 Å². The molecular formula is C19H20N2O5. The van der Waals surface area contributed by atoms with Gasteiger partial charge in [-0.15, -0.1) is 0 Å². The van der Waals surface area contributed by atoms with Crippen molar-refractivity contribution in [3.8, 4) is 11.5 Å². The molecule has 0 heterocycles. The van der Waals surface area contributed by atoms with E-state index >= 15 is 0 Å². The van der Waals surface area contributed by atoms with E-state index in [1.807, 2.05) is 18.2 Å². The third-order valence-electron chi connectivity index (χ3n) is 4.58. The van der Waals surface area contributed by atoms with Crippen molar-refractivity contribution < 1.29 is 19.2 Å². The van der Waals surface area contributed by atoms with Gasteiger partial charge in [0.15, 0.2) is 18.1 Å². The van der Waals surface area contributed by atoms with Gasteiger partial charge in [-0.05, 0) is 24.5 Å². The van der Waals surface area contributed by atoms with Gasteiger partial charge < -0.3 is 14.8 Å². The summed E-state index contributed by atoms with van der Waals surface area (Å²) in [6.07, 6.45) is 2.08. The van der Waals surface area contributed by atoms with Crippen LogP contribution in [0.3, 0.4) is 0 Å². The van der Waals surface area contributed by atoms with E-state index in [-0.39, 0.29) is 29.4 Å². The molecule has 7 nitrogen and oxygen atoms in total. The lowest BCUT2D eigenvalue weighted by Gasteiger charge is -2.17. The van der Waals surface area contributed by atoms with Gasteiger partial charge >= 0.3 is 0 Å². The number of carbonyl (C=O) groups excluding carboxylic acids is 1. The van der Waals surface area contributed by atoms with E-state index in [4.69, 9.17) is 9.47 Å². The number of hydrogen-bond donors (Lipinski definition) is 1. The summed E-state index contributed by atoms with van der Waals surface area (Å²) >= 11 is 0. The third-order valence-corrected chi connectivity index (χ3v) is 4.58. The molecule has 0 saturated heterocycles. The van der Waals surface area contributed by atoms with Crippen molar-refractivity contribution in [2.75, 3.05) is 20.3 Å². The van der Waals surface area contributed by atoms with Crippen LogP contribution in [0, 0.1) is 10.1 Å². The minimum Gasteiger partial charge on any atom is -0.493 e. The molecule has 0 atom stereocenters. The van der Waals surface area contributed by atoms with E-state index in [1.165, 1.54) is 30.9 Å². The highest BCUT2D eigenvalue weighted by atomic mass is 16.6. The van der Waals surface area contributed by atoms with Crippen LogP contribution in [0.25, 0.3) is 0 Å². The first kappa shape index (κ1) is 17.7. The topological polar surface area (TPSA) is 90.7 Å². The second-order valence-corrected chi connectivity index (χ2v) is 6.30. The molecule has 1 aliphatic rings. The Hall–Kier alpha value is -3.09. The van der Waals surface area contributed by atoms with E-state index in [1.54, 1.807) is 0 Å². The van der Waals surface area contributed by atoms with Crippen molar-refractivity contribution in [3.63, 3.8) is 0 Å². The molecule has 3 rings (SSSR count). The summed E-state index contributed by atoms with van der Waals surface area (Å²) in [4.78, 5) is 22.5. The summed E-state index contributed by atoms with van der Waals surface area (Å²) in [5, 5.41) is 13.8. The van der Waals surface area contributed by atoms with Gasteiger partial charge in [-0.1, -0.05) is 30.3 Å². The standard InChI is InChI=1S/C19H20N2O5/c1-25-16-8-7-15(21(23)24)11-17(16)26-12-18(22)20-13-19(9-10-19)14-5-3-2-4-6-14/h2-8,11H,9-10,12-13H2,1H3,(H,20,22). The molecule has 2 aromatic carbocycles. The minimum absolute atomic E-state index is 0.0140. The molecule has 0 spiro atoms.